The van der Waals surface area contributed by atoms with E-state index in [1.165, 1.54) is 7.11 Å². The van der Waals surface area contributed by atoms with Crippen molar-refractivity contribution in [3.05, 3.63) is 12.3 Å². The van der Waals surface area contributed by atoms with Crippen LogP contribution < -0.4 is 0 Å². The van der Waals surface area contributed by atoms with Crippen LogP contribution in [0, 0.1) is 0 Å². The Labute approximate surface area is 63.4 Å². The zero-order valence-electron chi connectivity index (χ0n) is 6.38. The Morgan fingerprint density at radius 2 is 2.10 bits per heavy atom. The lowest BCUT2D eigenvalue weighted by Gasteiger charge is -2.20. The van der Waals surface area contributed by atoms with Gasteiger partial charge in [0.2, 0.25) is 0 Å². The van der Waals surface area contributed by atoms with E-state index in [2.05, 4.69) is 6.58 Å². The molecule has 0 radical (unpaired) electrons. The first-order chi connectivity index (χ1) is 4.42. The number of hydrogen-bond donors (Lipinski definition) is 1. The summed E-state index contributed by atoms with van der Waals surface area (Å²) in [7, 11) is 1.43. The second-order valence-electron chi connectivity index (χ2n) is 2.39. The first kappa shape index (κ1) is 9.65. The topological polar surface area (TPSA) is 46.5 Å². The standard InChI is InChI=1S/C6H12O3S/c1-5(9-4)6(2,3)10(7)8/h1H2,2-4H3,(H,7,8). The molecular weight excluding hydrogens is 152 g/mol. The first-order valence-corrected chi connectivity index (χ1v) is 3.88. The van der Waals surface area contributed by atoms with Gasteiger partial charge in [0.15, 0.2) is 11.1 Å². The van der Waals surface area contributed by atoms with Crippen molar-refractivity contribution < 1.29 is 13.5 Å². The Balaban J connectivity index is 4.40. The second kappa shape index (κ2) is 3.16. The molecule has 0 aliphatic rings. The molecule has 3 nitrogen and oxygen atoms in total. The summed E-state index contributed by atoms with van der Waals surface area (Å²) >= 11 is -1.93. The second-order valence-corrected chi connectivity index (χ2v) is 3.91. The van der Waals surface area contributed by atoms with Gasteiger partial charge in [-0.15, -0.1) is 0 Å². The minimum atomic E-state index is -1.93. The Morgan fingerprint density at radius 3 is 2.20 bits per heavy atom. The fraction of sp³-hybridized carbons (Fsp3) is 0.667. The highest BCUT2D eigenvalue weighted by atomic mass is 32.2. The summed E-state index contributed by atoms with van der Waals surface area (Å²) in [4.78, 5) is 0. The maximum Gasteiger partial charge on any atom is 0.166 e. The van der Waals surface area contributed by atoms with Crippen molar-refractivity contribution in [1.82, 2.24) is 0 Å². The molecule has 1 atom stereocenters. The predicted molar refractivity (Wildman–Crippen MR) is 41.0 cm³/mol. The van der Waals surface area contributed by atoms with Crippen LogP contribution in [0.2, 0.25) is 0 Å². The molecule has 4 heteroatoms. The van der Waals surface area contributed by atoms with Crippen molar-refractivity contribution in [2.24, 2.45) is 0 Å². The molecule has 0 aromatic heterocycles. The van der Waals surface area contributed by atoms with Crippen molar-refractivity contribution in [2.75, 3.05) is 7.11 Å². The van der Waals surface area contributed by atoms with E-state index >= 15 is 0 Å². The number of ether oxygens (including phenoxy) is 1. The third-order valence-electron chi connectivity index (χ3n) is 1.35. The van der Waals surface area contributed by atoms with Crippen LogP contribution in [-0.2, 0) is 15.8 Å². The Morgan fingerprint density at radius 1 is 1.70 bits per heavy atom. The van der Waals surface area contributed by atoms with E-state index in [-0.39, 0.29) is 0 Å². The van der Waals surface area contributed by atoms with Gasteiger partial charge in [0.1, 0.15) is 10.5 Å². The van der Waals surface area contributed by atoms with E-state index in [0.717, 1.165) is 0 Å². The molecule has 0 aromatic carbocycles. The zero-order valence-corrected chi connectivity index (χ0v) is 7.20. The molecule has 0 aliphatic carbocycles. The van der Waals surface area contributed by atoms with Gasteiger partial charge in [-0.2, -0.15) is 0 Å². The van der Waals surface area contributed by atoms with Crippen molar-refractivity contribution in [2.45, 2.75) is 18.6 Å². The monoisotopic (exact) mass is 164 g/mol. The van der Waals surface area contributed by atoms with Gasteiger partial charge in [-0.25, -0.2) is 4.21 Å². The number of methoxy groups -OCH3 is 1. The average molecular weight is 164 g/mol. The first-order valence-electron chi connectivity index (χ1n) is 2.77. The lowest BCUT2D eigenvalue weighted by Crippen LogP contribution is -2.28. The summed E-state index contributed by atoms with van der Waals surface area (Å²) in [5, 5.41) is 0. The van der Waals surface area contributed by atoms with E-state index < -0.39 is 15.8 Å². The maximum atomic E-state index is 10.6. The Kier molecular flexibility index (Phi) is 3.05. The molecular formula is C6H12O3S. The SMILES string of the molecule is C=C(OC)C(C)(C)S(=O)O. The van der Waals surface area contributed by atoms with Crippen molar-refractivity contribution in [3.63, 3.8) is 0 Å². The van der Waals surface area contributed by atoms with E-state index in [1.807, 2.05) is 0 Å². The van der Waals surface area contributed by atoms with Crippen LogP contribution >= 0.6 is 0 Å². The normalized spacial score (nSPS) is 14.4. The van der Waals surface area contributed by atoms with Crippen LogP contribution in [0.15, 0.2) is 12.3 Å². The summed E-state index contributed by atoms with van der Waals surface area (Å²) in [5.41, 5.74) is 0. The van der Waals surface area contributed by atoms with E-state index in [9.17, 15) is 4.21 Å². The summed E-state index contributed by atoms with van der Waals surface area (Å²) in [6.45, 7) is 6.68. The minimum absolute atomic E-state index is 0.313. The van der Waals surface area contributed by atoms with Crippen LogP contribution in [0.3, 0.4) is 0 Å². The molecule has 60 valence electrons. The zero-order chi connectivity index (χ0) is 8.36. The molecule has 0 rings (SSSR count). The molecule has 10 heavy (non-hydrogen) atoms. The van der Waals surface area contributed by atoms with Gasteiger partial charge in [-0.1, -0.05) is 6.58 Å². The predicted octanol–water partition coefficient (Wildman–Crippen LogP) is 1.15. The smallest absolute Gasteiger partial charge is 0.166 e. The summed E-state index contributed by atoms with van der Waals surface area (Å²) in [6.07, 6.45) is 0. The van der Waals surface area contributed by atoms with Crippen LogP contribution in [0.1, 0.15) is 13.8 Å². The molecule has 0 saturated heterocycles. The quantitative estimate of drug-likeness (QED) is 0.502. The highest BCUT2D eigenvalue weighted by molar-refractivity contribution is 7.80. The van der Waals surface area contributed by atoms with Gasteiger partial charge in [0, 0.05) is 0 Å². The highest BCUT2D eigenvalue weighted by Gasteiger charge is 2.29. The molecule has 0 spiro atoms. The van der Waals surface area contributed by atoms with Crippen LogP contribution in [0.4, 0.5) is 0 Å². The summed E-state index contributed by atoms with van der Waals surface area (Å²) in [5.74, 6) is 0.313. The fourth-order valence-electron chi connectivity index (χ4n) is 0.343. The molecule has 1 unspecified atom stereocenters. The Hall–Kier alpha value is -0.350. The van der Waals surface area contributed by atoms with E-state index in [1.54, 1.807) is 13.8 Å². The van der Waals surface area contributed by atoms with Crippen molar-refractivity contribution in [1.29, 1.82) is 0 Å². The maximum absolute atomic E-state index is 10.6. The molecule has 0 aliphatic heterocycles. The highest BCUT2D eigenvalue weighted by Crippen LogP contribution is 2.20. The summed E-state index contributed by atoms with van der Waals surface area (Å²) < 4.78 is 23.2. The molecule has 1 N–H and O–H groups in total. The van der Waals surface area contributed by atoms with Gasteiger partial charge in [0.05, 0.1) is 7.11 Å². The molecule has 0 amide bonds. The van der Waals surface area contributed by atoms with Gasteiger partial charge >= 0.3 is 0 Å². The van der Waals surface area contributed by atoms with E-state index in [4.69, 9.17) is 9.29 Å². The fourth-order valence-corrected chi connectivity index (χ4v) is 0.621. The van der Waals surface area contributed by atoms with Gasteiger partial charge in [-0.05, 0) is 13.8 Å². The summed E-state index contributed by atoms with van der Waals surface area (Å²) in [6, 6.07) is 0. The van der Waals surface area contributed by atoms with Crippen LogP contribution in [-0.4, -0.2) is 20.6 Å². The van der Waals surface area contributed by atoms with Gasteiger partial charge in [-0.3, -0.25) is 0 Å². The number of rotatable bonds is 3. The van der Waals surface area contributed by atoms with Gasteiger partial charge in [0.25, 0.3) is 0 Å². The lowest BCUT2D eigenvalue weighted by atomic mass is 10.2. The third kappa shape index (κ3) is 1.82. The largest absolute Gasteiger partial charge is 0.500 e. The Bertz CT molecular complexity index is 162. The lowest BCUT2D eigenvalue weighted by molar-refractivity contribution is 0.261. The molecule has 0 fully saturated rings. The average Bonchev–Trinajstić information content (AvgIpc) is 1.86. The molecule has 0 aromatic rings. The number of hydrogen-bond acceptors (Lipinski definition) is 2. The van der Waals surface area contributed by atoms with Crippen molar-refractivity contribution >= 4 is 11.1 Å². The molecule has 0 saturated carbocycles. The van der Waals surface area contributed by atoms with Gasteiger partial charge < -0.3 is 9.29 Å². The molecule has 0 heterocycles. The minimum Gasteiger partial charge on any atom is -0.500 e. The third-order valence-corrected chi connectivity index (χ3v) is 2.46. The van der Waals surface area contributed by atoms with Crippen LogP contribution in [0.5, 0.6) is 0 Å². The van der Waals surface area contributed by atoms with Crippen molar-refractivity contribution in [3.8, 4) is 0 Å². The molecule has 0 bridgehead atoms. The van der Waals surface area contributed by atoms with E-state index in [0.29, 0.717) is 5.76 Å². The van der Waals surface area contributed by atoms with Crippen LogP contribution in [0.25, 0.3) is 0 Å².